The minimum atomic E-state index is 0.307. The van der Waals surface area contributed by atoms with Crippen molar-refractivity contribution >= 4 is 11.6 Å². The van der Waals surface area contributed by atoms with Crippen molar-refractivity contribution in [1.29, 1.82) is 0 Å². The molecule has 1 aromatic rings. The van der Waals surface area contributed by atoms with E-state index in [1.165, 1.54) is 17.5 Å². The van der Waals surface area contributed by atoms with Crippen molar-refractivity contribution in [2.75, 3.05) is 0 Å². The van der Waals surface area contributed by atoms with Crippen molar-refractivity contribution in [2.45, 2.75) is 39.0 Å². The van der Waals surface area contributed by atoms with E-state index in [9.17, 15) is 0 Å². The molecule has 1 saturated carbocycles. The minimum Gasteiger partial charge on any atom is -0.122 e. The first-order valence-corrected chi connectivity index (χ1v) is 6.12. The van der Waals surface area contributed by atoms with Gasteiger partial charge in [0.25, 0.3) is 0 Å². The van der Waals surface area contributed by atoms with Crippen LogP contribution in [0.15, 0.2) is 24.3 Å². The number of halogens is 1. The van der Waals surface area contributed by atoms with Crippen LogP contribution in [0.2, 0.25) is 0 Å². The Morgan fingerprint density at radius 1 is 1.47 bits per heavy atom. The summed E-state index contributed by atoms with van der Waals surface area (Å²) >= 11 is 6.45. The topological polar surface area (TPSA) is 0 Å². The maximum atomic E-state index is 6.45. The molecule has 1 heteroatoms. The normalized spacial score (nSPS) is 24.9. The fourth-order valence-corrected chi connectivity index (χ4v) is 2.94. The Labute approximate surface area is 97.6 Å². The van der Waals surface area contributed by atoms with Crippen LogP contribution in [0.1, 0.15) is 31.4 Å². The van der Waals surface area contributed by atoms with Crippen molar-refractivity contribution in [3.63, 3.8) is 0 Å². The fraction of sp³-hybridized carbons (Fsp3) is 0.571. The molecule has 1 aliphatic rings. The van der Waals surface area contributed by atoms with E-state index in [1.807, 2.05) is 0 Å². The standard InChI is InChI=1S/C14H19Cl/c1-10-5-4-6-11(7-10)8-13(15)12-9-14(12,2)3/h4-7,12-13H,8-9H2,1-3H3. The summed E-state index contributed by atoms with van der Waals surface area (Å²) in [6.45, 7) is 6.75. The number of alkyl halides is 1. The Bertz CT molecular complexity index is 354. The number of benzene rings is 1. The molecule has 0 spiro atoms. The van der Waals surface area contributed by atoms with Gasteiger partial charge >= 0.3 is 0 Å². The smallest absolute Gasteiger partial charge is 0.0409 e. The first-order valence-electron chi connectivity index (χ1n) is 5.69. The van der Waals surface area contributed by atoms with Gasteiger partial charge in [-0.2, -0.15) is 0 Å². The molecule has 1 fully saturated rings. The Balaban J connectivity index is 1.98. The van der Waals surface area contributed by atoms with E-state index in [0.29, 0.717) is 16.7 Å². The van der Waals surface area contributed by atoms with Crippen LogP contribution in [-0.4, -0.2) is 5.38 Å². The average molecular weight is 223 g/mol. The predicted molar refractivity (Wildman–Crippen MR) is 66.4 cm³/mol. The highest BCUT2D eigenvalue weighted by Gasteiger charge is 2.49. The Hall–Kier alpha value is -0.490. The molecular formula is C14H19Cl. The molecule has 0 radical (unpaired) electrons. The van der Waals surface area contributed by atoms with E-state index in [0.717, 1.165) is 6.42 Å². The fourth-order valence-electron chi connectivity index (χ4n) is 2.33. The molecule has 0 bridgehead atoms. The first kappa shape index (κ1) is 11.0. The lowest BCUT2D eigenvalue weighted by atomic mass is 10.0. The Morgan fingerprint density at radius 2 is 2.13 bits per heavy atom. The van der Waals surface area contributed by atoms with Gasteiger partial charge in [-0.3, -0.25) is 0 Å². The van der Waals surface area contributed by atoms with Crippen molar-refractivity contribution < 1.29 is 0 Å². The summed E-state index contributed by atoms with van der Waals surface area (Å²) in [6.07, 6.45) is 2.30. The maximum absolute atomic E-state index is 6.45. The SMILES string of the molecule is Cc1cccc(CC(Cl)C2CC2(C)C)c1. The predicted octanol–water partition coefficient (Wildman–Crippen LogP) is 4.19. The molecule has 15 heavy (non-hydrogen) atoms. The molecule has 1 aliphatic carbocycles. The van der Waals surface area contributed by atoms with Crippen LogP contribution in [0.25, 0.3) is 0 Å². The quantitative estimate of drug-likeness (QED) is 0.673. The zero-order chi connectivity index (χ0) is 11.1. The summed E-state index contributed by atoms with van der Waals surface area (Å²) < 4.78 is 0. The van der Waals surface area contributed by atoms with Crippen molar-refractivity contribution in [3.8, 4) is 0 Å². The molecule has 2 atom stereocenters. The molecule has 0 nitrogen and oxygen atoms in total. The third-order valence-electron chi connectivity index (χ3n) is 3.54. The maximum Gasteiger partial charge on any atom is 0.0409 e. The monoisotopic (exact) mass is 222 g/mol. The zero-order valence-electron chi connectivity index (χ0n) is 9.76. The third kappa shape index (κ3) is 2.55. The van der Waals surface area contributed by atoms with Crippen LogP contribution in [0.3, 0.4) is 0 Å². The second kappa shape index (κ2) is 3.83. The van der Waals surface area contributed by atoms with Gasteiger partial charge in [-0.1, -0.05) is 43.7 Å². The highest BCUT2D eigenvalue weighted by Crippen LogP contribution is 2.55. The highest BCUT2D eigenvalue weighted by atomic mass is 35.5. The first-order chi connectivity index (χ1) is 6.99. The van der Waals surface area contributed by atoms with Gasteiger partial charge in [0, 0.05) is 5.38 Å². The minimum absolute atomic E-state index is 0.307. The van der Waals surface area contributed by atoms with Crippen LogP contribution in [-0.2, 0) is 6.42 Å². The molecule has 0 saturated heterocycles. The average Bonchev–Trinajstić information content (AvgIpc) is 2.75. The van der Waals surface area contributed by atoms with Gasteiger partial charge < -0.3 is 0 Å². The van der Waals surface area contributed by atoms with E-state index < -0.39 is 0 Å². The van der Waals surface area contributed by atoms with E-state index in [2.05, 4.69) is 45.0 Å². The van der Waals surface area contributed by atoms with Crippen molar-refractivity contribution in [2.24, 2.45) is 11.3 Å². The number of rotatable bonds is 3. The summed E-state index contributed by atoms with van der Waals surface area (Å²) in [6, 6.07) is 8.67. The molecule has 0 N–H and O–H groups in total. The van der Waals surface area contributed by atoms with Crippen molar-refractivity contribution in [3.05, 3.63) is 35.4 Å². The summed E-state index contributed by atoms with van der Waals surface area (Å²) in [4.78, 5) is 0. The number of aryl methyl sites for hydroxylation is 1. The lowest BCUT2D eigenvalue weighted by Gasteiger charge is -2.11. The van der Waals surface area contributed by atoms with Gasteiger partial charge in [0.1, 0.15) is 0 Å². The van der Waals surface area contributed by atoms with E-state index >= 15 is 0 Å². The summed E-state index contributed by atoms with van der Waals surface area (Å²) in [5.41, 5.74) is 3.18. The summed E-state index contributed by atoms with van der Waals surface area (Å²) in [7, 11) is 0. The lowest BCUT2D eigenvalue weighted by molar-refractivity contribution is 0.538. The Morgan fingerprint density at radius 3 is 2.67 bits per heavy atom. The highest BCUT2D eigenvalue weighted by molar-refractivity contribution is 6.21. The van der Waals surface area contributed by atoms with E-state index in [-0.39, 0.29) is 0 Å². The molecule has 82 valence electrons. The largest absolute Gasteiger partial charge is 0.122 e. The van der Waals surface area contributed by atoms with Gasteiger partial charge in [0.05, 0.1) is 0 Å². The van der Waals surface area contributed by atoms with Crippen LogP contribution in [0.4, 0.5) is 0 Å². The van der Waals surface area contributed by atoms with Crippen LogP contribution >= 0.6 is 11.6 Å². The number of hydrogen-bond donors (Lipinski definition) is 0. The second-order valence-electron chi connectivity index (χ2n) is 5.51. The molecule has 1 aromatic carbocycles. The van der Waals surface area contributed by atoms with Gasteiger partial charge in [-0.25, -0.2) is 0 Å². The second-order valence-corrected chi connectivity index (χ2v) is 6.07. The lowest BCUT2D eigenvalue weighted by Crippen LogP contribution is -2.10. The van der Waals surface area contributed by atoms with Crippen molar-refractivity contribution in [1.82, 2.24) is 0 Å². The molecule has 0 amide bonds. The molecular weight excluding hydrogens is 204 g/mol. The summed E-state index contributed by atoms with van der Waals surface area (Å²) in [5.74, 6) is 0.708. The van der Waals surface area contributed by atoms with Gasteiger partial charge in [-0.05, 0) is 36.7 Å². The molecule has 2 rings (SSSR count). The Kier molecular flexibility index (Phi) is 2.81. The molecule has 0 aromatic heterocycles. The molecule has 0 aliphatic heterocycles. The van der Waals surface area contributed by atoms with Crippen LogP contribution < -0.4 is 0 Å². The molecule has 2 unspecified atom stereocenters. The van der Waals surface area contributed by atoms with Gasteiger partial charge in [0.15, 0.2) is 0 Å². The zero-order valence-corrected chi connectivity index (χ0v) is 10.5. The molecule has 0 heterocycles. The summed E-state index contributed by atoms with van der Waals surface area (Å²) in [5, 5.41) is 0.307. The number of hydrogen-bond acceptors (Lipinski definition) is 0. The van der Waals surface area contributed by atoms with E-state index in [4.69, 9.17) is 11.6 Å². The van der Waals surface area contributed by atoms with Gasteiger partial charge in [0.2, 0.25) is 0 Å². The van der Waals surface area contributed by atoms with Crippen LogP contribution in [0, 0.1) is 18.3 Å². The third-order valence-corrected chi connectivity index (χ3v) is 4.00. The van der Waals surface area contributed by atoms with Crippen LogP contribution in [0.5, 0.6) is 0 Å². The van der Waals surface area contributed by atoms with Gasteiger partial charge in [-0.15, -0.1) is 11.6 Å². The van der Waals surface area contributed by atoms with E-state index in [1.54, 1.807) is 0 Å².